The van der Waals surface area contributed by atoms with Crippen LogP contribution in [0.5, 0.6) is 5.75 Å². The maximum absolute atomic E-state index is 11.6. The summed E-state index contributed by atoms with van der Waals surface area (Å²) in [6, 6.07) is 9.25. The topological polar surface area (TPSA) is 88.7 Å². The number of amides is 2. The van der Waals surface area contributed by atoms with E-state index in [1.807, 2.05) is 51.1 Å². The fourth-order valence-electron chi connectivity index (χ4n) is 2.00. The molecule has 0 saturated carbocycles. The van der Waals surface area contributed by atoms with Gasteiger partial charge in [0.25, 0.3) is 5.91 Å². The van der Waals surface area contributed by atoms with Gasteiger partial charge in [0, 0.05) is 13.1 Å². The SMILES string of the molecule is CC(C)(C)OC(=O)NCCCNCCCNC(=O)COc1ccccc1. The molecule has 146 valence electrons. The molecule has 0 aromatic heterocycles. The van der Waals surface area contributed by atoms with Gasteiger partial charge in [0.05, 0.1) is 0 Å². The number of hydrogen-bond donors (Lipinski definition) is 3. The van der Waals surface area contributed by atoms with Crippen LogP contribution >= 0.6 is 0 Å². The minimum Gasteiger partial charge on any atom is -0.484 e. The van der Waals surface area contributed by atoms with E-state index in [1.165, 1.54) is 0 Å². The zero-order valence-electron chi connectivity index (χ0n) is 16.0. The number of nitrogens with one attached hydrogen (secondary N) is 3. The molecule has 0 atom stereocenters. The van der Waals surface area contributed by atoms with Crippen LogP contribution in [0.15, 0.2) is 30.3 Å². The van der Waals surface area contributed by atoms with Crippen molar-refractivity contribution in [2.24, 2.45) is 0 Å². The van der Waals surface area contributed by atoms with E-state index in [1.54, 1.807) is 0 Å². The monoisotopic (exact) mass is 365 g/mol. The van der Waals surface area contributed by atoms with Gasteiger partial charge in [-0.05, 0) is 58.8 Å². The van der Waals surface area contributed by atoms with Crippen molar-refractivity contribution >= 4 is 12.0 Å². The van der Waals surface area contributed by atoms with E-state index in [0.717, 1.165) is 25.9 Å². The summed E-state index contributed by atoms with van der Waals surface area (Å²) >= 11 is 0. The van der Waals surface area contributed by atoms with Gasteiger partial charge in [0.15, 0.2) is 6.61 Å². The molecule has 0 aliphatic carbocycles. The number of alkyl carbamates (subject to hydrolysis) is 1. The van der Waals surface area contributed by atoms with Crippen LogP contribution < -0.4 is 20.7 Å². The molecule has 0 aliphatic heterocycles. The van der Waals surface area contributed by atoms with Crippen LogP contribution in [0.2, 0.25) is 0 Å². The fraction of sp³-hybridized carbons (Fsp3) is 0.579. The molecule has 0 fully saturated rings. The lowest BCUT2D eigenvalue weighted by Gasteiger charge is -2.19. The van der Waals surface area contributed by atoms with Crippen LogP contribution in [0.4, 0.5) is 4.79 Å². The third-order valence-electron chi connectivity index (χ3n) is 3.16. The second-order valence-electron chi connectivity index (χ2n) is 6.84. The molecule has 7 heteroatoms. The highest BCUT2D eigenvalue weighted by molar-refractivity contribution is 5.77. The van der Waals surface area contributed by atoms with Gasteiger partial charge in [0.2, 0.25) is 0 Å². The lowest BCUT2D eigenvalue weighted by atomic mass is 10.2. The smallest absolute Gasteiger partial charge is 0.407 e. The Labute approximate surface area is 155 Å². The summed E-state index contributed by atoms with van der Waals surface area (Å²) in [4.78, 5) is 23.1. The molecule has 3 N–H and O–H groups in total. The molecule has 1 aromatic rings. The minimum absolute atomic E-state index is 0.0216. The summed E-state index contributed by atoms with van der Waals surface area (Å²) in [7, 11) is 0. The summed E-state index contributed by atoms with van der Waals surface area (Å²) in [5.74, 6) is 0.555. The first kappa shape index (κ1) is 21.8. The lowest BCUT2D eigenvalue weighted by molar-refractivity contribution is -0.123. The second-order valence-corrected chi connectivity index (χ2v) is 6.84. The molecule has 0 bridgehead atoms. The standard InChI is InChI=1S/C19H31N3O4/c1-19(2,3)26-18(24)22-14-8-12-20-11-7-13-21-17(23)15-25-16-9-5-4-6-10-16/h4-6,9-10,20H,7-8,11-15H2,1-3H3,(H,21,23)(H,22,24). The van der Waals surface area contributed by atoms with E-state index in [-0.39, 0.29) is 12.5 Å². The van der Waals surface area contributed by atoms with Crippen molar-refractivity contribution in [1.82, 2.24) is 16.0 Å². The van der Waals surface area contributed by atoms with E-state index < -0.39 is 11.7 Å². The predicted octanol–water partition coefficient (Wildman–Crippen LogP) is 2.08. The van der Waals surface area contributed by atoms with E-state index >= 15 is 0 Å². The van der Waals surface area contributed by atoms with Crippen molar-refractivity contribution in [3.05, 3.63) is 30.3 Å². The van der Waals surface area contributed by atoms with Crippen LogP contribution in [0.1, 0.15) is 33.6 Å². The van der Waals surface area contributed by atoms with Gasteiger partial charge in [-0.1, -0.05) is 18.2 Å². The van der Waals surface area contributed by atoms with Crippen molar-refractivity contribution in [2.75, 3.05) is 32.8 Å². The van der Waals surface area contributed by atoms with Crippen LogP contribution in [0.3, 0.4) is 0 Å². The highest BCUT2D eigenvalue weighted by atomic mass is 16.6. The molecule has 1 aromatic carbocycles. The van der Waals surface area contributed by atoms with Crippen LogP contribution in [0.25, 0.3) is 0 Å². The molecule has 26 heavy (non-hydrogen) atoms. The maximum atomic E-state index is 11.6. The molecular formula is C19H31N3O4. The molecule has 0 radical (unpaired) electrons. The first-order valence-electron chi connectivity index (χ1n) is 8.99. The van der Waals surface area contributed by atoms with Crippen molar-refractivity contribution in [1.29, 1.82) is 0 Å². The Kier molecular flexibility index (Phi) is 10.2. The Morgan fingerprint density at radius 3 is 2.15 bits per heavy atom. The summed E-state index contributed by atoms with van der Waals surface area (Å²) < 4.78 is 10.5. The van der Waals surface area contributed by atoms with Gasteiger partial charge < -0.3 is 25.4 Å². The number of hydrogen-bond acceptors (Lipinski definition) is 5. The second kappa shape index (κ2) is 12.1. The van der Waals surface area contributed by atoms with Crippen LogP contribution in [-0.4, -0.2) is 50.4 Å². The summed E-state index contributed by atoms with van der Waals surface area (Å²) in [5, 5.41) is 8.79. The van der Waals surface area contributed by atoms with Crippen molar-refractivity contribution in [3.8, 4) is 5.75 Å². The number of rotatable bonds is 11. The number of benzene rings is 1. The first-order valence-corrected chi connectivity index (χ1v) is 8.99. The molecule has 0 saturated heterocycles. The quantitative estimate of drug-likeness (QED) is 0.523. The fourth-order valence-corrected chi connectivity index (χ4v) is 2.00. The minimum atomic E-state index is -0.473. The zero-order chi connectivity index (χ0) is 19.3. The number of ether oxygens (including phenoxy) is 2. The highest BCUT2D eigenvalue weighted by Gasteiger charge is 2.15. The molecule has 7 nitrogen and oxygen atoms in total. The van der Waals surface area contributed by atoms with Crippen molar-refractivity contribution in [3.63, 3.8) is 0 Å². The molecule has 0 unspecified atom stereocenters. The predicted molar refractivity (Wildman–Crippen MR) is 101 cm³/mol. The van der Waals surface area contributed by atoms with Gasteiger partial charge in [-0.15, -0.1) is 0 Å². The molecule has 0 aliphatic rings. The molecule has 2 amide bonds. The van der Waals surface area contributed by atoms with Crippen molar-refractivity contribution < 1.29 is 19.1 Å². The Hall–Kier alpha value is -2.28. The summed E-state index contributed by atoms with van der Waals surface area (Å²) in [6.07, 6.45) is 1.26. The van der Waals surface area contributed by atoms with Gasteiger partial charge in [0.1, 0.15) is 11.4 Å². The van der Waals surface area contributed by atoms with Crippen LogP contribution in [0, 0.1) is 0 Å². The van der Waals surface area contributed by atoms with Crippen molar-refractivity contribution in [2.45, 2.75) is 39.2 Å². The zero-order valence-corrected chi connectivity index (χ0v) is 16.0. The first-order chi connectivity index (χ1) is 12.4. The van der Waals surface area contributed by atoms with E-state index in [4.69, 9.17) is 9.47 Å². The summed E-state index contributed by atoms with van der Waals surface area (Å²) in [5.41, 5.74) is -0.473. The van der Waals surface area contributed by atoms with Gasteiger partial charge in [-0.25, -0.2) is 4.79 Å². The maximum Gasteiger partial charge on any atom is 0.407 e. The highest BCUT2D eigenvalue weighted by Crippen LogP contribution is 2.07. The molecule has 0 spiro atoms. The molecule has 0 heterocycles. The Morgan fingerprint density at radius 1 is 0.923 bits per heavy atom. The number of para-hydroxylation sites is 1. The lowest BCUT2D eigenvalue weighted by Crippen LogP contribution is -2.34. The largest absolute Gasteiger partial charge is 0.484 e. The Morgan fingerprint density at radius 2 is 1.54 bits per heavy atom. The molecule has 1 rings (SSSR count). The average molecular weight is 365 g/mol. The Bertz CT molecular complexity index is 529. The average Bonchev–Trinajstić information content (AvgIpc) is 2.58. The molecular weight excluding hydrogens is 334 g/mol. The summed E-state index contributed by atoms with van der Waals surface area (Å²) in [6.45, 7) is 8.28. The van der Waals surface area contributed by atoms with Gasteiger partial charge in [-0.3, -0.25) is 4.79 Å². The number of carbonyl (C=O) groups is 2. The van der Waals surface area contributed by atoms with Gasteiger partial charge >= 0.3 is 6.09 Å². The van der Waals surface area contributed by atoms with Crippen LogP contribution in [-0.2, 0) is 9.53 Å². The Balaban J connectivity index is 1.90. The number of carbonyl (C=O) groups excluding carboxylic acids is 2. The normalized spacial score (nSPS) is 10.9. The third-order valence-corrected chi connectivity index (χ3v) is 3.16. The van der Waals surface area contributed by atoms with E-state index in [0.29, 0.717) is 18.8 Å². The van der Waals surface area contributed by atoms with E-state index in [9.17, 15) is 9.59 Å². The third kappa shape index (κ3) is 12.1. The van der Waals surface area contributed by atoms with E-state index in [2.05, 4.69) is 16.0 Å². The van der Waals surface area contributed by atoms with Gasteiger partial charge in [-0.2, -0.15) is 0 Å².